The van der Waals surface area contributed by atoms with E-state index in [0.29, 0.717) is 18.2 Å². The quantitative estimate of drug-likeness (QED) is 0.237. The molecule has 3 rings (SSSR count). The maximum atomic E-state index is 5.87. The first-order chi connectivity index (χ1) is 15.8. The molecule has 32 heavy (non-hydrogen) atoms. The fourth-order valence-corrected chi connectivity index (χ4v) is 3.52. The van der Waals surface area contributed by atoms with E-state index in [4.69, 9.17) is 14.2 Å². The zero-order chi connectivity index (χ0) is 22.3. The van der Waals surface area contributed by atoms with Gasteiger partial charge in [0.1, 0.15) is 5.75 Å². The summed E-state index contributed by atoms with van der Waals surface area (Å²) in [6, 6.07) is 8.01. The highest BCUT2D eigenvalue weighted by Crippen LogP contribution is 2.28. The number of hydrogen-bond acceptors (Lipinski definition) is 5. The van der Waals surface area contributed by atoms with Crippen LogP contribution < -0.4 is 9.47 Å². The van der Waals surface area contributed by atoms with Crippen LogP contribution in [0.2, 0.25) is 0 Å². The van der Waals surface area contributed by atoms with E-state index < -0.39 is 0 Å². The van der Waals surface area contributed by atoms with Gasteiger partial charge in [0, 0.05) is 18.8 Å². The summed E-state index contributed by atoms with van der Waals surface area (Å²) in [5.74, 6) is 3.15. The molecule has 2 aromatic rings. The van der Waals surface area contributed by atoms with E-state index in [0.717, 1.165) is 56.3 Å². The van der Waals surface area contributed by atoms with Crippen molar-refractivity contribution >= 4 is 0 Å². The van der Waals surface area contributed by atoms with E-state index in [-0.39, 0.29) is 0 Å². The molecule has 5 heteroatoms. The molecule has 0 N–H and O–H groups in total. The first kappa shape index (κ1) is 24.5. The third-order valence-corrected chi connectivity index (χ3v) is 5.76. The van der Waals surface area contributed by atoms with Gasteiger partial charge in [-0.3, -0.25) is 0 Å². The monoisotopic (exact) mass is 440 g/mol. The van der Waals surface area contributed by atoms with Crippen molar-refractivity contribution in [1.82, 2.24) is 9.97 Å². The Hall–Kier alpha value is -2.14. The molecule has 1 saturated carbocycles. The number of unbranched alkanes of at least 4 members (excludes halogenated alkanes) is 7. The van der Waals surface area contributed by atoms with E-state index in [2.05, 4.69) is 16.9 Å². The van der Waals surface area contributed by atoms with E-state index in [1.807, 2.05) is 24.3 Å². The van der Waals surface area contributed by atoms with Gasteiger partial charge >= 0.3 is 0 Å². The fourth-order valence-electron chi connectivity index (χ4n) is 3.52. The number of rotatable bonds is 18. The maximum absolute atomic E-state index is 5.87. The summed E-state index contributed by atoms with van der Waals surface area (Å²) in [6.45, 7) is 5.46. The van der Waals surface area contributed by atoms with Crippen molar-refractivity contribution in [2.75, 3.05) is 26.4 Å². The van der Waals surface area contributed by atoms with Crippen LogP contribution in [0.3, 0.4) is 0 Å². The Bertz CT molecular complexity index is 730. The van der Waals surface area contributed by atoms with Gasteiger partial charge < -0.3 is 14.2 Å². The zero-order valence-corrected chi connectivity index (χ0v) is 19.8. The molecule has 5 nitrogen and oxygen atoms in total. The third-order valence-electron chi connectivity index (χ3n) is 5.76. The SMILES string of the molecule is CCCCCCCCCOc1ccc(-c2ncc(OCCCCOCC3CC3)cn2)cc1. The van der Waals surface area contributed by atoms with Crippen LogP contribution in [0.25, 0.3) is 11.4 Å². The third kappa shape index (κ3) is 9.99. The topological polar surface area (TPSA) is 53.5 Å². The smallest absolute Gasteiger partial charge is 0.159 e. The van der Waals surface area contributed by atoms with Crippen LogP contribution >= 0.6 is 0 Å². The van der Waals surface area contributed by atoms with E-state index in [1.165, 1.54) is 51.4 Å². The zero-order valence-electron chi connectivity index (χ0n) is 19.8. The highest BCUT2D eigenvalue weighted by Gasteiger charge is 2.20. The van der Waals surface area contributed by atoms with Crippen LogP contribution in [0.1, 0.15) is 77.6 Å². The molecule has 1 fully saturated rings. The van der Waals surface area contributed by atoms with Crippen LogP contribution in [0, 0.1) is 5.92 Å². The molecule has 1 heterocycles. The summed E-state index contributed by atoms with van der Waals surface area (Å²) in [5.41, 5.74) is 0.979. The predicted molar refractivity (Wildman–Crippen MR) is 129 cm³/mol. The first-order valence-electron chi connectivity index (χ1n) is 12.6. The molecular formula is C27H40N2O3. The number of nitrogens with zero attached hydrogens (tertiary/aromatic N) is 2. The van der Waals surface area contributed by atoms with Crippen LogP contribution in [-0.2, 0) is 4.74 Å². The van der Waals surface area contributed by atoms with Gasteiger partial charge in [-0.15, -0.1) is 0 Å². The van der Waals surface area contributed by atoms with Crippen molar-refractivity contribution in [3.05, 3.63) is 36.7 Å². The van der Waals surface area contributed by atoms with Crippen LogP contribution in [-0.4, -0.2) is 36.4 Å². The van der Waals surface area contributed by atoms with Crippen molar-refractivity contribution in [2.45, 2.75) is 77.6 Å². The van der Waals surface area contributed by atoms with E-state index in [9.17, 15) is 0 Å². The van der Waals surface area contributed by atoms with Gasteiger partial charge in [0.05, 0.1) is 25.6 Å². The summed E-state index contributed by atoms with van der Waals surface area (Å²) in [4.78, 5) is 8.90. The van der Waals surface area contributed by atoms with Crippen molar-refractivity contribution in [3.8, 4) is 22.9 Å². The second-order valence-corrected chi connectivity index (χ2v) is 8.81. The Kier molecular flexibility index (Phi) is 11.4. The predicted octanol–water partition coefficient (Wildman–Crippen LogP) is 6.86. The molecule has 0 radical (unpaired) electrons. The van der Waals surface area contributed by atoms with Gasteiger partial charge in [-0.1, -0.05) is 45.4 Å². The van der Waals surface area contributed by atoms with E-state index in [1.54, 1.807) is 12.4 Å². The Morgan fingerprint density at radius 3 is 2.00 bits per heavy atom. The van der Waals surface area contributed by atoms with Crippen LogP contribution in [0.4, 0.5) is 0 Å². The van der Waals surface area contributed by atoms with Crippen LogP contribution in [0.15, 0.2) is 36.7 Å². The molecule has 0 atom stereocenters. The Morgan fingerprint density at radius 1 is 0.719 bits per heavy atom. The molecule has 0 unspecified atom stereocenters. The van der Waals surface area contributed by atoms with Gasteiger partial charge in [-0.25, -0.2) is 9.97 Å². The molecule has 0 amide bonds. The molecule has 1 aromatic carbocycles. The van der Waals surface area contributed by atoms with Gasteiger partial charge in [0.25, 0.3) is 0 Å². The lowest BCUT2D eigenvalue weighted by Gasteiger charge is -2.08. The number of hydrogen-bond donors (Lipinski definition) is 0. The van der Waals surface area contributed by atoms with Crippen molar-refractivity contribution in [2.24, 2.45) is 5.92 Å². The highest BCUT2D eigenvalue weighted by atomic mass is 16.5. The summed E-state index contributed by atoms with van der Waals surface area (Å²) in [6.07, 6.45) is 17.2. The van der Waals surface area contributed by atoms with Gasteiger partial charge in [-0.2, -0.15) is 0 Å². The molecule has 0 spiro atoms. The van der Waals surface area contributed by atoms with Gasteiger partial charge in [0.2, 0.25) is 0 Å². The lowest BCUT2D eigenvalue weighted by Crippen LogP contribution is -2.03. The average Bonchev–Trinajstić information content (AvgIpc) is 3.65. The molecule has 1 aromatic heterocycles. The summed E-state index contributed by atoms with van der Waals surface area (Å²) < 4.78 is 17.3. The lowest BCUT2D eigenvalue weighted by molar-refractivity contribution is 0.117. The largest absolute Gasteiger partial charge is 0.494 e. The standard InChI is InChI=1S/C27H40N2O3/c1-2-3-4-5-6-7-8-18-31-25-15-13-24(14-16-25)27-28-20-26(21-29-27)32-19-10-9-17-30-22-23-11-12-23/h13-16,20-21,23H,2-12,17-19,22H2,1H3. The Morgan fingerprint density at radius 2 is 1.31 bits per heavy atom. The van der Waals surface area contributed by atoms with Gasteiger partial charge in [0.15, 0.2) is 11.6 Å². The van der Waals surface area contributed by atoms with Crippen LogP contribution in [0.5, 0.6) is 11.5 Å². The number of ether oxygens (including phenoxy) is 3. The highest BCUT2D eigenvalue weighted by molar-refractivity contribution is 5.56. The van der Waals surface area contributed by atoms with Crippen molar-refractivity contribution in [1.29, 1.82) is 0 Å². The Balaban J connectivity index is 1.27. The molecule has 0 bridgehead atoms. The normalized spacial score (nSPS) is 13.3. The number of aromatic nitrogens is 2. The summed E-state index contributed by atoms with van der Waals surface area (Å²) in [5, 5.41) is 0. The van der Waals surface area contributed by atoms with E-state index >= 15 is 0 Å². The molecule has 1 aliphatic rings. The molecule has 176 valence electrons. The fraction of sp³-hybridized carbons (Fsp3) is 0.630. The molecule has 1 aliphatic carbocycles. The molecular weight excluding hydrogens is 400 g/mol. The summed E-state index contributed by atoms with van der Waals surface area (Å²) >= 11 is 0. The maximum Gasteiger partial charge on any atom is 0.159 e. The number of benzene rings is 1. The first-order valence-corrected chi connectivity index (χ1v) is 12.6. The van der Waals surface area contributed by atoms with Crippen molar-refractivity contribution in [3.63, 3.8) is 0 Å². The second-order valence-electron chi connectivity index (χ2n) is 8.81. The summed E-state index contributed by atoms with van der Waals surface area (Å²) in [7, 11) is 0. The minimum Gasteiger partial charge on any atom is -0.494 e. The van der Waals surface area contributed by atoms with Gasteiger partial charge in [-0.05, 0) is 62.3 Å². The van der Waals surface area contributed by atoms with Crippen molar-refractivity contribution < 1.29 is 14.2 Å². The average molecular weight is 441 g/mol. The molecule has 0 saturated heterocycles. The minimum absolute atomic E-state index is 0.667. The lowest BCUT2D eigenvalue weighted by atomic mass is 10.1. The molecule has 0 aliphatic heterocycles. The Labute approximate surface area is 193 Å². The minimum atomic E-state index is 0.667. The second kappa shape index (κ2) is 14.8.